The van der Waals surface area contributed by atoms with Crippen molar-refractivity contribution in [3.8, 4) is 17.2 Å². The van der Waals surface area contributed by atoms with Crippen LogP contribution in [0.3, 0.4) is 0 Å². The zero-order chi connectivity index (χ0) is 11.7. The molecule has 0 saturated carbocycles. The van der Waals surface area contributed by atoms with Crippen LogP contribution in [0.1, 0.15) is 17.0 Å². The summed E-state index contributed by atoms with van der Waals surface area (Å²) in [5, 5.41) is 9.30. The van der Waals surface area contributed by atoms with Crippen LogP contribution in [0.15, 0.2) is 24.3 Å². The van der Waals surface area contributed by atoms with E-state index in [1.165, 1.54) is 0 Å². The molecule has 2 nitrogen and oxygen atoms in total. The topological polar surface area (TPSA) is 39.6 Å². The van der Waals surface area contributed by atoms with Gasteiger partial charge in [0.2, 0.25) is 0 Å². The molecule has 0 amide bonds. The standard InChI is InChI=1S/C13H11ClN2/c1-8-5-12(9(2)16-8)10-3-4-11(7-15)13(14)6-10/h3-6,16H,1-2H3. The Morgan fingerprint density at radius 2 is 2.00 bits per heavy atom. The number of aromatic amines is 1. The first-order chi connectivity index (χ1) is 7.61. The number of aryl methyl sites for hydroxylation is 2. The smallest absolute Gasteiger partial charge is 0.101 e. The van der Waals surface area contributed by atoms with E-state index in [1.807, 2.05) is 26.0 Å². The molecule has 0 aliphatic carbocycles. The fraction of sp³-hybridized carbons (Fsp3) is 0.154. The first-order valence-corrected chi connectivity index (χ1v) is 5.36. The lowest BCUT2D eigenvalue weighted by Crippen LogP contribution is -1.82. The lowest BCUT2D eigenvalue weighted by Gasteiger charge is -2.02. The summed E-state index contributed by atoms with van der Waals surface area (Å²) in [4.78, 5) is 3.25. The first-order valence-electron chi connectivity index (χ1n) is 4.98. The molecule has 0 unspecified atom stereocenters. The van der Waals surface area contributed by atoms with Crippen LogP contribution in [0.2, 0.25) is 5.02 Å². The van der Waals surface area contributed by atoms with Crippen molar-refractivity contribution in [3.05, 3.63) is 46.2 Å². The molecular formula is C13H11ClN2. The number of rotatable bonds is 1. The zero-order valence-electron chi connectivity index (χ0n) is 9.13. The van der Waals surface area contributed by atoms with Gasteiger partial charge in [0.05, 0.1) is 10.6 Å². The van der Waals surface area contributed by atoms with E-state index < -0.39 is 0 Å². The third-order valence-corrected chi connectivity index (χ3v) is 2.86. The molecule has 80 valence electrons. The van der Waals surface area contributed by atoms with Gasteiger partial charge in [0.15, 0.2) is 0 Å². The summed E-state index contributed by atoms with van der Waals surface area (Å²) < 4.78 is 0. The summed E-state index contributed by atoms with van der Waals surface area (Å²) in [5.41, 5.74) is 4.90. The highest BCUT2D eigenvalue weighted by atomic mass is 35.5. The molecule has 0 radical (unpaired) electrons. The van der Waals surface area contributed by atoms with Gasteiger partial charge in [0.1, 0.15) is 6.07 Å². The summed E-state index contributed by atoms with van der Waals surface area (Å²) in [6.45, 7) is 4.04. The molecule has 0 saturated heterocycles. The number of nitriles is 1. The van der Waals surface area contributed by atoms with Gasteiger partial charge in [0.25, 0.3) is 0 Å². The van der Waals surface area contributed by atoms with Crippen molar-refractivity contribution >= 4 is 11.6 Å². The highest BCUT2D eigenvalue weighted by molar-refractivity contribution is 6.32. The maximum Gasteiger partial charge on any atom is 0.101 e. The van der Waals surface area contributed by atoms with Crippen molar-refractivity contribution < 1.29 is 0 Å². The Morgan fingerprint density at radius 1 is 1.25 bits per heavy atom. The van der Waals surface area contributed by atoms with Gasteiger partial charge in [-0.05, 0) is 37.6 Å². The fourth-order valence-electron chi connectivity index (χ4n) is 1.80. The van der Waals surface area contributed by atoms with Crippen LogP contribution in [0, 0.1) is 25.2 Å². The number of hydrogen-bond acceptors (Lipinski definition) is 1. The molecule has 0 spiro atoms. The molecule has 0 fully saturated rings. The van der Waals surface area contributed by atoms with Crippen LogP contribution in [-0.2, 0) is 0 Å². The quantitative estimate of drug-likeness (QED) is 0.795. The minimum absolute atomic E-state index is 0.498. The second-order valence-corrected chi connectivity index (χ2v) is 4.20. The Bertz CT molecular complexity index is 576. The number of H-pyrrole nitrogens is 1. The molecule has 2 rings (SSSR count). The maximum absolute atomic E-state index is 8.80. The van der Waals surface area contributed by atoms with Crippen LogP contribution in [0.5, 0.6) is 0 Å². The van der Waals surface area contributed by atoms with Gasteiger partial charge in [-0.1, -0.05) is 17.7 Å². The Morgan fingerprint density at radius 3 is 2.50 bits per heavy atom. The van der Waals surface area contributed by atoms with Gasteiger partial charge in [-0.15, -0.1) is 0 Å². The number of nitrogens with zero attached hydrogens (tertiary/aromatic N) is 1. The van der Waals surface area contributed by atoms with Crippen molar-refractivity contribution in [1.29, 1.82) is 5.26 Å². The largest absolute Gasteiger partial charge is 0.362 e. The van der Waals surface area contributed by atoms with Crippen LogP contribution in [-0.4, -0.2) is 4.98 Å². The average molecular weight is 231 g/mol. The second kappa shape index (κ2) is 4.03. The lowest BCUT2D eigenvalue weighted by atomic mass is 10.0. The maximum atomic E-state index is 8.80. The van der Waals surface area contributed by atoms with E-state index in [0.29, 0.717) is 10.6 Å². The average Bonchev–Trinajstić information content (AvgIpc) is 2.58. The fourth-order valence-corrected chi connectivity index (χ4v) is 2.02. The van der Waals surface area contributed by atoms with Gasteiger partial charge in [-0.25, -0.2) is 0 Å². The Labute approximate surface area is 99.5 Å². The summed E-state index contributed by atoms with van der Waals surface area (Å²) in [7, 11) is 0. The number of hydrogen-bond donors (Lipinski definition) is 1. The van der Waals surface area contributed by atoms with Gasteiger partial charge in [0, 0.05) is 17.0 Å². The first kappa shape index (κ1) is 10.8. The highest BCUT2D eigenvalue weighted by Gasteiger charge is 2.07. The molecule has 0 aliphatic rings. The minimum atomic E-state index is 0.498. The second-order valence-electron chi connectivity index (χ2n) is 3.80. The van der Waals surface area contributed by atoms with Crippen molar-refractivity contribution in [2.75, 3.05) is 0 Å². The van der Waals surface area contributed by atoms with E-state index >= 15 is 0 Å². The van der Waals surface area contributed by atoms with Crippen molar-refractivity contribution in [3.63, 3.8) is 0 Å². The van der Waals surface area contributed by atoms with Crippen LogP contribution >= 0.6 is 11.6 Å². The predicted octanol–water partition coefficient (Wildman–Crippen LogP) is 3.82. The molecule has 1 aromatic carbocycles. The van der Waals surface area contributed by atoms with Gasteiger partial charge >= 0.3 is 0 Å². The molecule has 0 bridgehead atoms. The number of nitrogens with one attached hydrogen (secondary N) is 1. The van der Waals surface area contributed by atoms with E-state index in [4.69, 9.17) is 16.9 Å². The monoisotopic (exact) mass is 230 g/mol. The molecule has 1 heterocycles. The van der Waals surface area contributed by atoms with Gasteiger partial charge < -0.3 is 4.98 Å². The molecule has 2 aromatic rings. The lowest BCUT2D eigenvalue weighted by molar-refractivity contribution is 1.19. The normalized spacial score (nSPS) is 10.1. The van der Waals surface area contributed by atoms with Crippen molar-refractivity contribution in [2.45, 2.75) is 13.8 Å². The van der Waals surface area contributed by atoms with E-state index in [0.717, 1.165) is 22.5 Å². The molecule has 16 heavy (non-hydrogen) atoms. The molecule has 1 N–H and O–H groups in total. The predicted molar refractivity (Wildman–Crippen MR) is 65.4 cm³/mol. The van der Waals surface area contributed by atoms with E-state index in [-0.39, 0.29) is 0 Å². The Hall–Kier alpha value is -1.72. The summed E-state index contributed by atoms with van der Waals surface area (Å²) >= 11 is 6.01. The number of halogens is 1. The number of aromatic nitrogens is 1. The molecule has 0 atom stereocenters. The van der Waals surface area contributed by atoms with E-state index in [1.54, 1.807) is 6.07 Å². The third-order valence-electron chi connectivity index (χ3n) is 2.55. The zero-order valence-corrected chi connectivity index (χ0v) is 9.89. The van der Waals surface area contributed by atoms with E-state index in [9.17, 15) is 0 Å². The van der Waals surface area contributed by atoms with Crippen molar-refractivity contribution in [1.82, 2.24) is 4.98 Å². The Balaban J connectivity index is 2.54. The summed E-state index contributed by atoms with van der Waals surface area (Å²) in [5.74, 6) is 0. The van der Waals surface area contributed by atoms with Crippen LogP contribution < -0.4 is 0 Å². The summed E-state index contributed by atoms with van der Waals surface area (Å²) in [6, 6.07) is 9.63. The van der Waals surface area contributed by atoms with Crippen molar-refractivity contribution in [2.24, 2.45) is 0 Å². The Kier molecular flexibility index (Phi) is 2.72. The summed E-state index contributed by atoms with van der Waals surface area (Å²) in [6.07, 6.45) is 0. The SMILES string of the molecule is Cc1cc(-c2ccc(C#N)c(Cl)c2)c(C)[nH]1. The van der Waals surface area contributed by atoms with Crippen LogP contribution in [0.4, 0.5) is 0 Å². The highest BCUT2D eigenvalue weighted by Crippen LogP contribution is 2.28. The molecule has 0 aliphatic heterocycles. The molecular weight excluding hydrogens is 220 g/mol. The number of benzene rings is 1. The van der Waals surface area contributed by atoms with Gasteiger partial charge in [-0.2, -0.15) is 5.26 Å². The minimum Gasteiger partial charge on any atom is -0.362 e. The molecule has 3 heteroatoms. The van der Waals surface area contributed by atoms with Gasteiger partial charge in [-0.3, -0.25) is 0 Å². The van der Waals surface area contributed by atoms with Crippen LogP contribution in [0.25, 0.3) is 11.1 Å². The van der Waals surface area contributed by atoms with E-state index in [2.05, 4.69) is 17.1 Å². The third kappa shape index (κ3) is 1.82. The molecule has 1 aromatic heterocycles.